The SMILES string of the molecule is CCOC(=O)C(C(=O)OCC)C1[C@H]2C(=O)[C@H]3[C@H]4C5C6[C@H](CC[C@@H]63)[C@@H]3C(=O)[C@@H]1[C@H]([C@H]53)[C@H]42. The van der Waals surface area contributed by atoms with Crippen molar-refractivity contribution in [2.75, 3.05) is 13.2 Å². The molecule has 0 amide bonds. The van der Waals surface area contributed by atoms with E-state index in [0.29, 0.717) is 35.5 Å². The van der Waals surface area contributed by atoms with E-state index in [1.54, 1.807) is 13.8 Å². The van der Waals surface area contributed by atoms with E-state index in [0.717, 1.165) is 12.8 Å². The molecule has 7 aliphatic rings. The largest absolute Gasteiger partial charge is 0.465 e. The van der Waals surface area contributed by atoms with Gasteiger partial charge in [-0.3, -0.25) is 19.2 Å². The monoisotopic (exact) mass is 412 g/mol. The first-order chi connectivity index (χ1) is 14.5. The van der Waals surface area contributed by atoms with Crippen molar-refractivity contribution in [3.8, 4) is 0 Å². The number of carbonyl (C=O) groups is 4. The van der Waals surface area contributed by atoms with Gasteiger partial charge in [-0.2, -0.15) is 0 Å². The smallest absolute Gasteiger partial charge is 0.320 e. The van der Waals surface area contributed by atoms with E-state index in [1.807, 2.05) is 0 Å². The summed E-state index contributed by atoms with van der Waals surface area (Å²) < 4.78 is 10.6. The zero-order valence-corrected chi connectivity index (χ0v) is 17.4. The minimum atomic E-state index is -1.15. The molecule has 7 fully saturated rings. The van der Waals surface area contributed by atoms with Crippen LogP contribution in [0.5, 0.6) is 0 Å². The van der Waals surface area contributed by atoms with Crippen LogP contribution in [0.1, 0.15) is 26.7 Å². The summed E-state index contributed by atoms with van der Waals surface area (Å²) in [5, 5.41) is 0. The second-order valence-electron chi connectivity index (χ2n) is 10.8. The summed E-state index contributed by atoms with van der Waals surface area (Å²) in [5.41, 5.74) is 0. The molecule has 7 rings (SSSR count). The standard InChI is InChI=1S/C24H28O6/c1-3-29-23(27)20(24(28)30-4-2)17-18-15-13-10(21(18)25)7-5-6-8-9(7)12(13)14-11(8)22(26)19(17)16(14)15/h7-20H,3-6H2,1-2H3/t7-,8-,9?,10-,11+,12?,13-,14-,15+,16-,17?,18+,19-/m0/s1. The van der Waals surface area contributed by atoms with Gasteiger partial charge < -0.3 is 9.47 Å². The lowest BCUT2D eigenvalue weighted by Gasteiger charge is -2.31. The van der Waals surface area contributed by atoms with Gasteiger partial charge in [0.15, 0.2) is 5.92 Å². The number of ketones is 2. The van der Waals surface area contributed by atoms with Crippen LogP contribution < -0.4 is 0 Å². The quantitative estimate of drug-likeness (QED) is 0.505. The van der Waals surface area contributed by atoms with Crippen molar-refractivity contribution in [1.29, 1.82) is 0 Å². The van der Waals surface area contributed by atoms with Crippen molar-refractivity contribution >= 4 is 23.5 Å². The summed E-state index contributed by atoms with van der Waals surface area (Å²) in [6, 6.07) is 0. The summed E-state index contributed by atoms with van der Waals surface area (Å²) in [6.07, 6.45) is 2.15. The fourth-order valence-electron chi connectivity index (χ4n) is 10.8. The summed E-state index contributed by atoms with van der Waals surface area (Å²) in [4.78, 5) is 53.6. The number of ether oxygens (including phenoxy) is 2. The Morgan fingerprint density at radius 2 is 1.17 bits per heavy atom. The maximum absolute atomic E-state index is 13.8. The highest BCUT2D eigenvalue weighted by atomic mass is 16.6. The van der Waals surface area contributed by atoms with Crippen LogP contribution >= 0.6 is 0 Å². The van der Waals surface area contributed by atoms with Crippen LogP contribution in [0.25, 0.3) is 0 Å². The molecule has 0 saturated heterocycles. The van der Waals surface area contributed by atoms with E-state index in [-0.39, 0.29) is 60.3 Å². The number of hydrogen-bond acceptors (Lipinski definition) is 6. The summed E-state index contributed by atoms with van der Waals surface area (Å²) in [6.45, 7) is 3.75. The fraction of sp³-hybridized carbons (Fsp3) is 0.833. The van der Waals surface area contributed by atoms with Gasteiger partial charge in [0, 0.05) is 29.6 Å². The molecule has 0 heterocycles. The van der Waals surface area contributed by atoms with E-state index < -0.39 is 23.8 Å². The second-order valence-corrected chi connectivity index (χ2v) is 10.8. The van der Waals surface area contributed by atoms with Crippen LogP contribution in [0.4, 0.5) is 0 Å². The third-order valence-electron chi connectivity index (χ3n) is 10.7. The molecule has 7 saturated carbocycles. The van der Waals surface area contributed by atoms with Crippen LogP contribution in [0, 0.1) is 82.9 Å². The molecule has 0 aromatic carbocycles. The van der Waals surface area contributed by atoms with Crippen LogP contribution in [-0.2, 0) is 28.7 Å². The number of Topliss-reactive ketones (excluding diaryl/α,β-unsaturated/α-hetero) is 2. The number of esters is 2. The Bertz CT molecular complexity index is 826. The van der Waals surface area contributed by atoms with Gasteiger partial charge in [-0.25, -0.2) is 0 Å². The zero-order chi connectivity index (χ0) is 20.6. The minimum absolute atomic E-state index is 0.107. The van der Waals surface area contributed by atoms with Crippen molar-refractivity contribution in [1.82, 2.24) is 0 Å². The Hall–Kier alpha value is -1.72. The van der Waals surface area contributed by atoms with Crippen molar-refractivity contribution in [3.63, 3.8) is 0 Å². The molecule has 0 spiro atoms. The molecule has 7 aliphatic carbocycles. The van der Waals surface area contributed by atoms with Gasteiger partial charge >= 0.3 is 11.9 Å². The molecule has 0 radical (unpaired) electrons. The third-order valence-corrected chi connectivity index (χ3v) is 10.7. The first kappa shape index (κ1) is 17.9. The summed E-state index contributed by atoms with van der Waals surface area (Å²) in [5.74, 6) is 0.262. The number of hydrogen-bond donors (Lipinski definition) is 0. The molecule has 30 heavy (non-hydrogen) atoms. The Morgan fingerprint density at radius 3 is 1.60 bits per heavy atom. The lowest BCUT2D eigenvalue weighted by molar-refractivity contribution is -0.166. The number of fused-ring (bicyclic) bond motifs is 2. The maximum Gasteiger partial charge on any atom is 0.320 e. The Kier molecular flexibility index (Phi) is 3.31. The molecule has 160 valence electrons. The van der Waals surface area contributed by atoms with Crippen LogP contribution in [0.2, 0.25) is 0 Å². The molecular weight excluding hydrogens is 384 g/mol. The molecule has 0 bridgehead atoms. The Balaban J connectivity index is 1.39. The molecule has 6 nitrogen and oxygen atoms in total. The highest BCUT2D eigenvalue weighted by Crippen LogP contribution is 2.84. The average Bonchev–Trinajstić information content (AvgIpc) is 3.47. The zero-order valence-electron chi connectivity index (χ0n) is 17.4. The molecule has 6 heteroatoms. The normalized spacial score (nSPS) is 54.7. The Labute approximate surface area is 175 Å². The molecule has 0 aliphatic heterocycles. The molecule has 0 aromatic heterocycles. The van der Waals surface area contributed by atoms with Gasteiger partial charge in [0.05, 0.1) is 13.2 Å². The molecule has 13 atom stereocenters. The Morgan fingerprint density at radius 1 is 0.733 bits per heavy atom. The van der Waals surface area contributed by atoms with Gasteiger partial charge in [0.2, 0.25) is 0 Å². The predicted molar refractivity (Wildman–Crippen MR) is 101 cm³/mol. The highest BCUT2D eigenvalue weighted by molar-refractivity contribution is 6.01. The van der Waals surface area contributed by atoms with Crippen molar-refractivity contribution in [2.45, 2.75) is 26.7 Å². The molecule has 0 N–H and O–H groups in total. The molecular formula is C24H28O6. The van der Waals surface area contributed by atoms with E-state index >= 15 is 0 Å². The number of rotatable bonds is 5. The van der Waals surface area contributed by atoms with E-state index in [1.165, 1.54) is 0 Å². The van der Waals surface area contributed by atoms with Crippen molar-refractivity contribution in [2.24, 2.45) is 82.9 Å². The first-order valence-corrected chi connectivity index (χ1v) is 11.9. The fourth-order valence-corrected chi connectivity index (χ4v) is 10.8. The third kappa shape index (κ3) is 1.64. The average molecular weight is 412 g/mol. The minimum Gasteiger partial charge on any atom is -0.465 e. The second kappa shape index (κ2) is 5.55. The van der Waals surface area contributed by atoms with Crippen molar-refractivity contribution < 1.29 is 28.7 Å². The van der Waals surface area contributed by atoms with Gasteiger partial charge in [-0.15, -0.1) is 0 Å². The maximum atomic E-state index is 13.8. The van der Waals surface area contributed by atoms with Gasteiger partial charge in [-0.05, 0) is 74.0 Å². The van der Waals surface area contributed by atoms with E-state index in [9.17, 15) is 19.2 Å². The lowest BCUT2D eigenvalue weighted by Crippen LogP contribution is -2.44. The van der Waals surface area contributed by atoms with E-state index in [2.05, 4.69) is 0 Å². The van der Waals surface area contributed by atoms with Gasteiger partial charge in [0.25, 0.3) is 0 Å². The van der Waals surface area contributed by atoms with Crippen LogP contribution in [0.15, 0.2) is 0 Å². The summed E-state index contributed by atoms with van der Waals surface area (Å²) in [7, 11) is 0. The first-order valence-electron chi connectivity index (χ1n) is 11.9. The number of carbonyl (C=O) groups excluding carboxylic acids is 4. The predicted octanol–water partition coefficient (Wildman–Crippen LogP) is 1.75. The van der Waals surface area contributed by atoms with Crippen LogP contribution in [-0.4, -0.2) is 36.7 Å². The topological polar surface area (TPSA) is 86.7 Å². The van der Waals surface area contributed by atoms with Crippen LogP contribution in [0.3, 0.4) is 0 Å². The van der Waals surface area contributed by atoms with Gasteiger partial charge in [0.1, 0.15) is 11.6 Å². The lowest BCUT2D eigenvalue weighted by atomic mass is 9.71. The van der Waals surface area contributed by atoms with Crippen molar-refractivity contribution in [3.05, 3.63) is 0 Å². The molecule has 3 unspecified atom stereocenters. The molecule has 0 aromatic rings. The van der Waals surface area contributed by atoms with E-state index in [4.69, 9.17) is 9.47 Å². The summed E-state index contributed by atoms with van der Waals surface area (Å²) >= 11 is 0. The van der Waals surface area contributed by atoms with Gasteiger partial charge in [-0.1, -0.05) is 0 Å². The highest BCUT2D eigenvalue weighted by Gasteiger charge is 2.86.